The molecule has 0 aromatic carbocycles. The number of anilines is 2. The molecule has 4 N–H and O–H groups in total. The molecule has 2 atom stereocenters. The molecule has 20 heavy (non-hydrogen) atoms. The van der Waals surface area contributed by atoms with Gasteiger partial charge in [-0.25, -0.2) is 0 Å². The number of amides is 1. The second kappa shape index (κ2) is 5.34. The van der Waals surface area contributed by atoms with E-state index in [1.807, 2.05) is 0 Å². The van der Waals surface area contributed by atoms with Crippen LogP contribution in [0.3, 0.4) is 0 Å². The van der Waals surface area contributed by atoms with Crippen molar-refractivity contribution in [3.8, 4) is 0 Å². The van der Waals surface area contributed by atoms with Crippen LogP contribution in [0.25, 0.3) is 0 Å². The summed E-state index contributed by atoms with van der Waals surface area (Å²) in [4.78, 5) is 12.0. The maximum absolute atomic E-state index is 12.7. The molecule has 1 saturated carbocycles. The average molecular weight is 290 g/mol. The topological polar surface area (TPSA) is 83.8 Å². The van der Waals surface area contributed by atoms with Gasteiger partial charge in [-0.1, -0.05) is 6.42 Å². The molecule has 1 fully saturated rings. The Bertz CT molecular complexity index is 497. The molecule has 1 aliphatic rings. The summed E-state index contributed by atoms with van der Waals surface area (Å²) < 4.78 is 38.1. The molecular formula is C12H17F3N4O. The van der Waals surface area contributed by atoms with Crippen LogP contribution in [0, 0.1) is 18.8 Å². The Kier molecular flexibility index (Phi) is 3.92. The number of H-pyrrole nitrogens is 1. The normalized spacial score (nSPS) is 23.6. The number of aromatic amines is 1. The number of nitrogen functional groups attached to an aromatic ring is 1. The second-order valence-electron chi connectivity index (χ2n) is 5.20. The van der Waals surface area contributed by atoms with E-state index in [2.05, 4.69) is 15.5 Å². The number of rotatable bonds is 2. The number of nitrogens with two attached hydrogens (primary N) is 1. The van der Waals surface area contributed by atoms with Crippen LogP contribution < -0.4 is 11.1 Å². The van der Waals surface area contributed by atoms with Crippen LogP contribution in [0.5, 0.6) is 0 Å². The highest BCUT2D eigenvalue weighted by Gasteiger charge is 2.43. The van der Waals surface area contributed by atoms with Crippen molar-refractivity contribution in [3.05, 3.63) is 5.69 Å². The van der Waals surface area contributed by atoms with Gasteiger partial charge in [0.2, 0.25) is 5.91 Å². The fourth-order valence-corrected chi connectivity index (χ4v) is 2.48. The van der Waals surface area contributed by atoms with Gasteiger partial charge < -0.3 is 11.1 Å². The first kappa shape index (κ1) is 14.7. The van der Waals surface area contributed by atoms with Crippen molar-refractivity contribution < 1.29 is 18.0 Å². The number of carbonyl (C=O) groups excluding carboxylic acids is 1. The number of aryl methyl sites for hydroxylation is 1. The molecule has 5 nitrogen and oxygen atoms in total. The first-order valence-corrected chi connectivity index (χ1v) is 6.47. The zero-order valence-corrected chi connectivity index (χ0v) is 11.0. The lowest BCUT2D eigenvalue weighted by molar-refractivity contribution is -0.185. The van der Waals surface area contributed by atoms with E-state index in [4.69, 9.17) is 5.73 Å². The zero-order valence-electron chi connectivity index (χ0n) is 11.0. The van der Waals surface area contributed by atoms with Crippen LogP contribution in [0.2, 0.25) is 0 Å². The summed E-state index contributed by atoms with van der Waals surface area (Å²) in [7, 11) is 0. The van der Waals surface area contributed by atoms with E-state index in [1.165, 1.54) is 0 Å². The Hall–Kier alpha value is -1.73. The lowest BCUT2D eigenvalue weighted by Gasteiger charge is -2.29. The average Bonchev–Trinajstić information content (AvgIpc) is 2.70. The van der Waals surface area contributed by atoms with Crippen molar-refractivity contribution in [3.63, 3.8) is 0 Å². The van der Waals surface area contributed by atoms with Gasteiger partial charge >= 0.3 is 6.18 Å². The summed E-state index contributed by atoms with van der Waals surface area (Å²) in [5, 5.41) is 8.92. The molecule has 0 spiro atoms. The molecule has 2 rings (SSSR count). The van der Waals surface area contributed by atoms with Gasteiger partial charge in [-0.2, -0.15) is 18.3 Å². The van der Waals surface area contributed by atoms with Crippen LogP contribution in [0.4, 0.5) is 24.7 Å². The van der Waals surface area contributed by atoms with Crippen molar-refractivity contribution in [2.45, 2.75) is 38.8 Å². The highest BCUT2D eigenvalue weighted by molar-refractivity contribution is 5.94. The maximum atomic E-state index is 12.7. The summed E-state index contributed by atoms with van der Waals surface area (Å²) in [6, 6.07) is 0. The van der Waals surface area contributed by atoms with E-state index in [0.29, 0.717) is 24.2 Å². The van der Waals surface area contributed by atoms with Gasteiger partial charge in [0.25, 0.3) is 0 Å². The van der Waals surface area contributed by atoms with Crippen LogP contribution >= 0.6 is 0 Å². The van der Waals surface area contributed by atoms with Gasteiger partial charge in [0, 0.05) is 5.92 Å². The van der Waals surface area contributed by atoms with Crippen molar-refractivity contribution >= 4 is 17.4 Å². The molecule has 1 heterocycles. The summed E-state index contributed by atoms with van der Waals surface area (Å²) >= 11 is 0. The van der Waals surface area contributed by atoms with Gasteiger partial charge in [0.05, 0.1) is 17.3 Å². The minimum atomic E-state index is -4.24. The maximum Gasteiger partial charge on any atom is 0.391 e. The standard InChI is InChI=1S/C12H17F3N4O/c1-6-9(16)10(19-18-6)17-11(20)7-3-2-4-8(5-7)12(13,14)15/h7-8H,2-5,16H2,1H3,(H2,17,18,19,20). The van der Waals surface area contributed by atoms with Crippen LogP contribution in [0.15, 0.2) is 0 Å². The number of halogens is 3. The summed E-state index contributed by atoms with van der Waals surface area (Å²) in [5.41, 5.74) is 6.60. The molecule has 0 bridgehead atoms. The first-order chi connectivity index (χ1) is 9.29. The number of hydrogen-bond donors (Lipinski definition) is 3. The second-order valence-corrected chi connectivity index (χ2v) is 5.20. The number of aromatic nitrogens is 2. The monoisotopic (exact) mass is 290 g/mol. The van der Waals surface area contributed by atoms with E-state index in [1.54, 1.807) is 6.92 Å². The largest absolute Gasteiger partial charge is 0.394 e. The Balaban J connectivity index is 2.00. The Labute approximate surface area is 114 Å². The third-order valence-electron chi connectivity index (χ3n) is 3.74. The van der Waals surface area contributed by atoms with Crippen molar-refractivity contribution in [1.29, 1.82) is 0 Å². The lowest BCUT2D eigenvalue weighted by atomic mass is 9.80. The number of carbonyl (C=O) groups is 1. The third kappa shape index (κ3) is 3.05. The number of hydrogen-bond acceptors (Lipinski definition) is 3. The Morgan fingerprint density at radius 2 is 2.15 bits per heavy atom. The first-order valence-electron chi connectivity index (χ1n) is 6.47. The van der Waals surface area contributed by atoms with Gasteiger partial charge in [-0.3, -0.25) is 9.89 Å². The molecule has 1 aromatic rings. The highest BCUT2D eigenvalue weighted by Crippen LogP contribution is 2.40. The molecule has 112 valence electrons. The molecule has 0 saturated heterocycles. The van der Waals surface area contributed by atoms with Crippen LogP contribution in [-0.2, 0) is 4.79 Å². The smallest absolute Gasteiger partial charge is 0.391 e. The van der Waals surface area contributed by atoms with Crippen LogP contribution in [0.1, 0.15) is 31.4 Å². The fraction of sp³-hybridized carbons (Fsp3) is 0.667. The van der Waals surface area contributed by atoms with Crippen molar-refractivity contribution in [2.24, 2.45) is 11.8 Å². The zero-order chi connectivity index (χ0) is 14.9. The number of nitrogens with zero attached hydrogens (tertiary/aromatic N) is 1. The van der Waals surface area contributed by atoms with E-state index in [0.717, 1.165) is 0 Å². The van der Waals surface area contributed by atoms with Crippen molar-refractivity contribution in [2.75, 3.05) is 11.1 Å². The van der Waals surface area contributed by atoms with Crippen molar-refractivity contribution in [1.82, 2.24) is 10.2 Å². The van der Waals surface area contributed by atoms with Gasteiger partial charge in [-0.05, 0) is 26.2 Å². The summed E-state index contributed by atoms with van der Waals surface area (Å²) in [5.74, 6) is -2.31. The molecule has 1 amide bonds. The van der Waals surface area contributed by atoms with Crippen LogP contribution in [-0.4, -0.2) is 22.3 Å². The fourth-order valence-electron chi connectivity index (χ4n) is 2.48. The highest BCUT2D eigenvalue weighted by atomic mass is 19.4. The van der Waals surface area contributed by atoms with E-state index >= 15 is 0 Å². The molecule has 0 aliphatic heterocycles. The Morgan fingerprint density at radius 3 is 2.70 bits per heavy atom. The summed E-state index contributed by atoms with van der Waals surface area (Å²) in [6.07, 6.45) is -3.45. The quantitative estimate of drug-likeness (QED) is 0.782. The molecule has 8 heteroatoms. The van der Waals surface area contributed by atoms with E-state index < -0.39 is 23.9 Å². The molecule has 1 aliphatic carbocycles. The molecule has 1 aromatic heterocycles. The third-order valence-corrected chi connectivity index (χ3v) is 3.74. The predicted molar refractivity (Wildman–Crippen MR) is 67.9 cm³/mol. The molecular weight excluding hydrogens is 273 g/mol. The molecule has 0 radical (unpaired) electrons. The predicted octanol–water partition coefficient (Wildman–Crippen LogP) is 2.61. The minimum absolute atomic E-state index is 0.0942. The van der Waals surface area contributed by atoms with E-state index in [-0.39, 0.29) is 18.7 Å². The van der Waals surface area contributed by atoms with Gasteiger partial charge in [0.15, 0.2) is 5.82 Å². The van der Waals surface area contributed by atoms with Gasteiger partial charge in [0.1, 0.15) is 0 Å². The lowest BCUT2D eigenvalue weighted by Crippen LogP contribution is -2.34. The molecule has 2 unspecified atom stereocenters. The number of nitrogens with one attached hydrogen (secondary N) is 2. The minimum Gasteiger partial charge on any atom is -0.394 e. The summed E-state index contributed by atoms with van der Waals surface area (Å²) in [6.45, 7) is 1.69. The van der Waals surface area contributed by atoms with Gasteiger partial charge in [-0.15, -0.1) is 0 Å². The number of alkyl halides is 3. The van der Waals surface area contributed by atoms with E-state index in [9.17, 15) is 18.0 Å². The Morgan fingerprint density at radius 1 is 1.45 bits per heavy atom. The SMILES string of the molecule is Cc1[nH]nc(NC(=O)C2CCCC(C(F)(F)F)C2)c1N.